The van der Waals surface area contributed by atoms with Crippen LogP contribution in [-0.2, 0) is 6.54 Å². The zero-order chi connectivity index (χ0) is 14.5. The summed E-state index contributed by atoms with van der Waals surface area (Å²) in [7, 11) is 0. The van der Waals surface area contributed by atoms with Gasteiger partial charge >= 0.3 is 0 Å². The van der Waals surface area contributed by atoms with Gasteiger partial charge < -0.3 is 5.32 Å². The number of benzene rings is 1. The summed E-state index contributed by atoms with van der Waals surface area (Å²) in [6.07, 6.45) is 3.59. The van der Waals surface area contributed by atoms with Gasteiger partial charge in [0, 0.05) is 35.0 Å². The Labute approximate surface area is 128 Å². The second-order valence-electron chi connectivity index (χ2n) is 5.00. The Balaban J connectivity index is 1.91. The van der Waals surface area contributed by atoms with Gasteiger partial charge in [-0.1, -0.05) is 18.5 Å². The minimum absolute atomic E-state index is 0.0945. The van der Waals surface area contributed by atoms with E-state index in [1.165, 1.54) is 25.3 Å². The van der Waals surface area contributed by atoms with E-state index in [0.29, 0.717) is 17.6 Å². The molecule has 0 bridgehead atoms. The molecular formula is C14H19ClN2O2S. The van der Waals surface area contributed by atoms with Crippen molar-refractivity contribution in [2.45, 2.75) is 44.0 Å². The van der Waals surface area contributed by atoms with Crippen molar-refractivity contribution >= 4 is 29.1 Å². The number of non-ortho nitro benzene ring substituents is 1. The van der Waals surface area contributed by atoms with E-state index in [4.69, 9.17) is 11.6 Å². The number of halogens is 1. The molecule has 110 valence electrons. The molecule has 2 atom stereocenters. The molecule has 6 heteroatoms. The molecule has 0 aliphatic heterocycles. The van der Waals surface area contributed by atoms with Gasteiger partial charge in [-0.2, -0.15) is 11.8 Å². The average molecular weight is 315 g/mol. The molecule has 4 nitrogen and oxygen atoms in total. The summed E-state index contributed by atoms with van der Waals surface area (Å²) < 4.78 is 0. The van der Waals surface area contributed by atoms with E-state index in [0.717, 1.165) is 16.6 Å². The molecule has 1 aliphatic carbocycles. The SMILES string of the molecule is CCSC1CCC(NCc2cc([N+](=O)[O-])ccc2Cl)C1. The Morgan fingerprint density at radius 2 is 2.30 bits per heavy atom. The summed E-state index contributed by atoms with van der Waals surface area (Å²) in [5.74, 6) is 1.16. The van der Waals surface area contributed by atoms with Gasteiger partial charge in [0.25, 0.3) is 5.69 Å². The van der Waals surface area contributed by atoms with E-state index in [2.05, 4.69) is 12.2 Å². The molecule has 0 heterocycles. The Morgan fingerprint density at radius 1 is 1.50 bits per heavy atom. The van der Waals surface area contributed by atoms with Crippen LogP contribution in [0.25, 0.3) is 0 Å². The molecule has 1 fully saturated rings. The fraction of sp³-hybridized carbons (Fsp3) is 0.571. The van der Waals surface area contributed by atoms with Crippen molar-refractivity contribution in [3.05, 3.63) is 38.9 Å². The maximum absolute atomic E-state index is 10.8. The van der Waals surface area contributed by atoms with Gasteiger partial charge in [0.05, 0.1) is 4.92 Å². The smallest absolute Gasteiger partial charge is 0.269 e. The molecule has 1 aromatic carbocycles. The van der Waals surface area contributed by atoms with Gasteiger partial charge in [0.1, 0.15) is 0 Å². The van der Waals surface area contributed by atoms with Crippen LogP contribution in [-0.4, -0.2) is 22.0 Å². The molecule has 0 radical (unpaired) electrons. The van der Waals surface area contributed by atoms with Crippen LogP contribution in [0.1, 0.15) is 31.7 Å². The molecule has 1 aliphatic rings. The zero-order valence-electron chi connectivity index (χ0n) is 11.5. The van der Waals surface area contributed by atoms with E-state index in [9.17, 15) is 10.1 Å². The predicted octanol–water partition coefficient (Wildman–Crippen LogP) is 4.01. The van der Waals surface area contributed by atoms with Gasteiger partial charge in [0.2, 0.25) is 0 Å². The molecule has 0 aromatic heterocycles. The summed E-state index contributed by atoms with van der Waals surface area (Å²) in [5, 5.41) is 15.6. The van der Waals surface area contributed by atoms with Crippen LogP contribution in [0.5, 0.6) is 0 Å². The maximum Gasteiger partial charge on any atom is 0.269 e. The van der Waals surface area contributed by atoms with Crippen molar-refractivity contribution < 1.29 is 4.92 Å². The topological polar surface area (TPSA) is 55.2 Å². The van der Waals surface area contributed by atoms with Gasteiger partial charge in [-0.3, -0.25) is 10.1 Å². The van der Waals surface area contributed by atoms with Crippen molar-refractivity contribution in [3.63, 3.8) is 0 Å². The molecule has 0 saturated heterocycles. The van der Waals surface area contributed by atoms with Gasteiger partial charge in [-0.05, 0) is 36.6 Å². The summed E-state index contributed by atoms with van der Waals surface area (Å²) in [4.78, 5) is 10.4. The number of nitro benzene ring substituents is 1. The first-order valence-corrected chi connectivity index (χ1v) is 8.30. The average Bonchev–Trinajstić information content (AvgIpc) is 2.86. The van der Waals surface area contributed by atoms with Crippen LogP contribution < -0.4 is 5.32 Å². The van der Waals surface area contributed by atoms with Crippen molar-refractivity contribution in [2.75, 3.05) is 5.75 Å². The number of nitro groups is 1. The Kier molecular flexibility index (Phi) is 5.69. The summed E-state index contributed by atoms with van der Waals surface area (Å²) in [6.45, 7) is 2.78. The van der Waals surface area contributed by atoms with E-state index in [1.54, 1.807) is 12.1 Å². The van der Waals surface area contributed by atoms with Crippen molar-refractivity contribution in [1.82, 2.24) is 5.32 Å². The van der Waals surface area contributed by atoms with Crippen LogP contribution in [0.15, 0.2) is 18.2 Å². The third-order valence-corrected chi connectivity index (χ3v) is 5.21. The Bertz CT molecular complexity index is 484. The number of thioether (sulfide) groups is 1. The molecule has 0 amide bonds. The van der Waals surface area contributed by atoms with Gasteiger partial charge in [-0.25, -0.2) is 0 Å². The zero-order valence-corrected chi connectivity index (χ0v) is 13.0. The Hall–Kier alpha value is -0.780. The summed E-state index contributed by atoms with van der Waals surface area (Å²) >= 11 is 8.12. The van der Waals surface area contributed by atoms with Crippen LogP contribution >= 0.6 is 23.4 Å². The largest absolute Gasteiger partial charge is 0.310 e. The minimum atomic E-state index is -0.386. The molecular weight excluding hydrogens is 296 g/mol. The lowest BCUT2D eigenvalue weighted by molar-refractivity contribution is -0.384. The van der Waals surface area contributed by atoms with Crippen LogP contribution in [0, 0.1) is 10.1 Å². The van der Waals surface area contributed by atoms with Crippen molar-refractivity contribution in [3.8, 4) is 0 Å². The highest BCUT2D eigenvalue weighted by atomic mass is 35.5. The highest BCUT2D eigenvalue weighted by Gasteiger charge is 2.24. The molecule has 1 saturated carbocycles. The number of nitrogens with zero attached hydrogens (tertiary/aromatic N) is 1. The lowest BCUT2D eigenvalue weighted by atomic mass is 10.1. The van der Waals surface area contributed by atoms with E-state index in [1.807, 2.05) is 11.8 Å². The predicted molar refractivity (Wildman–Crippen MR) is 84.5 cm³/mol. The first kappa shape index (κ1) is 15.6. The molecule has 1 N–H and O–H groups in total. The third kappa shape index (κ3) is 4.11. The van der Waals surface area contributed by atoms with E-state index in [-0.39, 0.29) is 10.6 Å². The summed E-state index contributed by atoms with van der Waals surface area (Å²) in [6, 6.07) is 5.09. The molecule has 2 unspecified atom stereocenters. The molecule has 0 spiro atoms. The molecule has 1 aromatic rings. The van der Waals surface area contributed by atoms with Crippen LogP contribution in [0.4, 0.5) is 5.69 Å². The first-order valence-electron chi connectivity index (χ1n) is 6.88. The van der Waals surface area contributed by atoms with Crippen molar-refractivity contribution in [2.24, 2.45) is 0 Å². The van der Waals surface area contributed by atoms with Crippen LogP contribution in [0.2, 0.25) is 5.02 Å². The highest BCUT2D eigenvalue weighted by Crippen LogP contribution is 2.30. The lowest BCUT2D eigenvalue weighted by Crippen LogP contribution is -2.26. The quantitative estimate of drug-likeness (QED) is 0.636. The number of hydrogen-bond acceptors (Lipinski definition) is 4. The minimum Gasteiger partial charge on any atom is -0.310 e. The van der Waals surface area contributed by atoms with Crippen LogP contribution in [0.3, 0.4) is 0 Å². The monoisotopic (exact) mass is 314 g/mol. The lowest BCUT2D eigenvalue weighted by Gasteiger charge is -2.13. The maximum atomic E-state index is 10.8. The normalized spacial score (nSPS) is 22.1. The molecule has 2 rings (SSSR count). The van der Waals surface area contributed by atoms with E-state index >= 15 is 0 Å². The number of rotatable bonds is 6. The Morgan fingerprint density at radius 3 is 3.00 bits per heavy atom. The fourth-order valence-electron chi connectivity index (χ4n) is 2.58. The molecule has 20 heavy (non-hydrogen) atoms. The third-order valence-electron chi connectivity index (χ3n) is 3.61. The number of hydrogen-bond donors (Lipinski definition) is 1. The number of nitrogens with one attached hydrogen (secondary N) is 1. The second-order valence-corrected chi connectivity index (χ2v) is 6.99. The standard InChI is InChI=1S/C14H19ClN2O2S/c1-2-20-13-5-3-11(8-13)16-9-10-7-12(17(18)19)4-6-14(10)15/h4,6-7,11,13,16H,2-3,5,8-9H2,1H3. The highest BCUT2D eigenvalue weighted by molar-refractivity contribution is 7.99. The fourth-order valence-corrected chi connectivity index (χ4v) is 3.90. The van der Waals surface area contributed by atoms with Gasteiger partial charge in [0.15, 0.2) is 0 Å². The second kappa shape index (κ2) is 7.29. The first-order chi connectivity index (χ1) is 9.60. The van der Waals surface area contributed by atoms with Crippen molar-refractivity contribution in [1.29, 1.82) is 0 Å². The summed E-state index contributed by atoms with van der Waals surface area (Å²) in [5.41, 5.74) is 0.893. The van der Waals surface area contributed by atoms with Gasteiger partial charge in [-0.15, -0.1) is 0 Å². The van der Waals surface area contributed by atoms with E-state index < -0.39 is 0 Å².